The molecule has 0 atom stereocenters. The van der Waals surface area contributed by atoms with Gasteiger partial charge in [0, 0.05) is 20.4 Å². The average Bonchev–Trinajstić information content (AvgIpc) is 2.81. The van der Waals surface area contributed by atoms with Gasteiger partial charge in [-0.2, -0.15) is 0 Å². The van der Waals surface area contributed by atoms with Crippen LogP contribution < -0.4 is 21.2 Å². The standard InChI is InChI=1S/C26H22OP2.Pd/c27-21-26(28(22-13-5-1-6-14-22)23-15-7-2-8-16-23)29(24-17-9-3-10-18-24)25-19-11-4-12-20-25;/h1-21,26H;. The van der Waals surface area contributed by atoms with Crippen molar-refractivity contribution in [3.05, 3.63) is 121 Å². The number of carbonyl (C=O) groups excluding carboxylic acids is 1. The maximum Gasteiger partial charge on any atom is 0.132 e. The smallest absolute Gasteiger partial charge is 0.132 e. The van der Waals surface area contributed by atoms with Crippen LogP contribution in [0, 0.1) is 0 Å². The molecule has 152 valence electrons. The van der Waals surface area contributed by atoms with E-state index in [2.05, 4.69) is 97.1 Å². The number of aldehydes is 1. The minimum absolute atomic E-state index is 0. The van der Waals surface area contributed by atoms with Crippen LogP contribution in [-0.4, -0.2) is 11.7 Å². The Balaban J connectivity index is 0.00000256. The van der Waals surface area contributed by atoms with Crippen molar-refractivity contribution in [2.75, 3.05) is 0 Å². The monoisotopic (exact) mass is 518 g/mol. The van der Waals surface area contributed by atoms with Crippen LogP contribution in [0.4, 0.5) is 0 Å². The zero-order valence-corrected chi connectivity index (χ0v) is 19.7. The molecule has 0 aromatic heterocycles. The second kappa shape index (κ2) is 11.5. The van der Waals surface area contributed by atoms with Crippen molar-refractivity contribution in [3.63, 3.8) is 0 Å². The predicted molar refractivity (Wildman–Crippen MR) is 128 cm³/mol. The first-order valence-corrected chi connectivity index (χ1v) is 12.4. The van der Waals surface area contributed by atoms with E-state index in [4.69, 9.17) is 0 Å². The van der Waals surface area contributed by atoms with Crippen LogP contribution in [0.15, 0.2) is 121 Å². The first-order chi connectivity index (χ1) is 14.4. The summed E-state index contributed by atoms with van der Waals surface area (Å²) in [6.07, 6.45) is 1.21. The number of benzene rings is 4. The van der Waals surface area contributed by atoms with E-state index < -0.39 is 15.8 Å². The molecule has 0 aliphatic rings. The summed E-state index contributed by atoms with van der Waals surface area (Å²) in [5.74, 6) is 0. The fraction of sp³-hybridized carbons (Fsp3) is 0.0385. The minimum atomic E-state index is -0.840. The third-order valence-corrected chi connectivity index (χ3v) is 10.9. The molecule has 1 nitrogen and oxygen atoms in total. The van der Waals surface area contributed by atoms with E-state index >= 15 is 0 Å². The second-order valence-corrected chi connectivity index (χ2v) is 11.7. The molecule has 0 spiro atoms. The van der Waals surface area contributed by atoms with Crippen molar-refractivity contribution in [1.82, 2.24) is 0 Å². The summed E-state index contributed by atoms with van der Waals surface area (Å²) < 4.78 is 0. The molecule has 0 heterocycles. The largest absolute Gasteiger partial charge is 0.302 e. The van der Waals surface area contributed by atoms with Crippen molar-refractivity contribution >= 4 is 43.3 Å². The van der Waals surface area contributed by atoms with Gasteiger partial charge in [0.25, 0.3) is 0 Å². The van der Waals surface area contributed by atoms with Crippen LogP contribution >= 0.6 is 15.8 Å². The minimum Gasteiger partial charge on any atom is -0.302 e. The quantitative estimate of drug-likeness (QED) is 0.196. The Morgan fingerprint density at radius 1 is 0.467 bits per heavy atom. The summed E-state index contributed by atoms with van der Waals surface area (Å²) in [7, 11) is -1.68. The normalized spacial score (nSPS) is 10.8. The van der Waals surface area contributed by atoms with Gasteiger partial charge in [-0.25, -0.2) is 0 Å². The molecule has 30 heavy (non-hydrogen) atoms. The van der Waals surface area contributed by atoms with Gasteiger partial charge in [-0.05, 0) is 37.1 Å². The fourth-order valence-electron chi connectivity index (χ4n) is 3.50. The number of hydrogen-bond acceptors (Lipinski definition) is 1. The molecule has 0 N–H and O–H groups in total. The predicted octanol–water partition coefficient (Wildman–Crippen LogP) is 4.77. The molecule has 4 rings (SSSR count). The van der Waals surface area contributed by atoms with E-state index in [-0.39, 0.29) is 25.8 Å². The fourth-order valence-corrected chi connectivity index (χ4v) is 10.1. The molecule has 0 fully saturated rings. The molecule has 4 heteroatoms. The maximum atomic E-state index is 12.7. The third kappa shape index (κ3) is 5.21. The van der Waals surface area contributed by atoms with Gasteiger partial charge < -0.3 is 4.79 Å². The Morgan fingerprint density at radius 2 is 0.700 bits per heavy atom. The summed E-state index contributed by atoms with van der Waals surface area (Å²) in [6.45, 7) is 0. The van der Waals surface area contributed by atoms with Crippen LogP contribution in [-0.2, 0) is 25.2 Å². The number of hydrogen-bond donors (Lipinski definition) is 0. The van der Waals surface area contributed by atoms with Gasteiger partial charge in [0.2, 0.25) is 0 Å². The van der Waals surface area contributed by atoms with Gasteiger partial charge in [-0.15, -0.1) is 0 Å². The molecule has 0 saturated carbocycles. The average molecular weight is 519 g/mol. The second-order valence-electron chi connectivity index (χ2n) is 6.63. The Morgan fingerprint density at radius 3 is 0.900 bits per heavy atom. The van der Waals surface area contributed by atoms with E-state index in [1.807, 2.05) is 24.3 Å². The summed E-state index contributed by atoms with van der Waals surface area (Å²) in [6, 6.07) is 42.0. The Labute approximate surface area is 194 Å². The van der Waals surface area contributed by atoms with E-state index in [1.165, 1.54) is 27.5 Å². The van der Waals surface area contributed by atoms with E-state index in [0.717, 1.165) is 0 Å². The van der Waals surface area contributed by atoms with Crippen molar-refractivity contribution in [1.29, 1.82) is 0 Å². The summed E-state index contributed by atoms with van der Waals surface area (Å²) in [5.41, 5.74) is 0. The third-order valence-electron chi connectivity index (χ3n) is 4.79. The number of rotatable bonds is 7. The molecule has 0 amide bonds. The molecular weight excluding hydrogens is 497 g/mol. The van der Waals surface area contributed by atoms with Crippen LogP contribution in [0.2, 0.25) is 0 Å². The maximum absolute atomic E-state index is 12.7. The first kappa shape index (κ1) is 22.8. The van der Waals surface area contributed by atoms with Crippen LogP contribution in [0.1, 0.15) is 0 Å². The zero-order valence-electron chi connectivity index (χ0n) is 16.3. The van der Waals surface area contributed by atoms with Crippen molar-refractivity contribution in [3.8, 4) is 0 Å². The molecule has 0 aliphatic heterocycles. The summed E-state index contributed by atoms with van der Waals surface area (Å²) >= 11 is 0. The van der Waals surface area contributed by atoms with Crippen molar-refractivity contribution in [2.24, 2.45) is 0 Å². The van der Waals surface area contributed by atoms with Gasteiger partial charge >= 0.3 is 0 Å². The molecule has 4 aromatic carbocycles. The van der Waals surface area contributed by atoms with E-state index in [9.17, 15) is 4.79 Å². The van der Waals surface area contributed by atoms with Gasteiger partial charge in [0.1, 0.15) is 6.29 Å². The first-order valence-electron chi connectivity index (χ1n) is 9.62. The molecule has 0 bridgehead atoms. The van der Waals surface area contributed by atoms with E-state index in [1.54, 1.807) is 0 Å². The van der Waals surface area contributed by atoms with Crippen molar-refractivity contribution < 1.29 is 25.2 Å². The van der Waals surface area contributed by atoms with Crippen LogP contribution in [0.3, 0.4) is 0 Å². The molecule has 0 saturated heterocycles. The SMILES string of the molecule is O=CC(P(c1ccccc1)c1ccccc1)P(c1ccccc1)c1ccccc1.[Pd]. The van der Waals surface area contributed by atoms with Gasteiger partial charge in [-0.3, -0.25) is 0 Å². The van der Waals surface area contributed by atoms with Crippen LogP contribution in [0.5, 0.6) is 0 Å². The molecular formula is C26H22OP2Pd. The Bertz CT molecular complexity index is 866. The Hall–Kier alpha value is -1.93. The summed E-state index contributed by atoms with van der Waals surface area (Å²) in [5, 5.41) is 4.86. The van der Waals surface area contributed by atoms with Crippen molar-refractivity contribution in [2.45, 2.75) is 5.40 Å². The van der Waals surface area contributed by atoms with Gasteiger partial charge in [-0.1, -0.05) is 121 Å². The molecule has 0 unspecified atom stereocenters. The Kier molecular flexibility index (Phi) is 8.69. The van der Waals surface area contributed by atoms with Gasteiger partial charge in [0.05, 0.1) is 5.40 Å². The molecule has 0 aliphatic carbocycles. The van der Waals surface area contributed by atoms with Crippen LogP contribution in [0.25, 0.3) is 0 Å². The topological polar surface area (TPSA) is 17.1 Å². The van der Waals surface area contributed by atoms with Gasteiger partial charge in [0.15, 0.2) is 0 Å². The number of carbonyl (C=O) groups is 1. The summed E-state index contributed by atoms with van der Waals surface area (Å²) in [4.78, 5) is 12.7. The zero-order chi connectivity index (χ0) is 19.9. The van der Waals surface area contributed by atoms with E-state index in [0.29, 0.717) is 0 Å². The molecule has 4 aromatic rings. The molecule has 0 radical (unpaired) electrons.